The predicted molar refractivity (Wildman–Crippen MR) is 72.3 cm³/mol. The van der Waals surface area contributed by atoms with Crippen molar-refractivity contribution in [1.29, 1.82) is 0 Å². The molecule has 19 heavy (non-hydrogen) atoms. The van der Waals surface area contributed by atoms with Crippen LogP contribution < -0.4 is 11.3 Å². The molecule has 0 aromatic heterocycles. The molecule has 1 aromatic carbocycles. The first-order valence-electron chi connectivity index (χ1n) is 6.80. The van der Waals surface area contributed by atoms with E-state index < -0.39 is 11.6 Å². The van der Waals surface area contributed by atoms with Crippen molar-refractivity contribution in [3.8, 4) is 0 Å². The number of rotatable bonds is 4. The fourth-order valence-electron chi connectivity index (χ4n) is 2.58. The maximum absolute atomic E-state index is 13.7. The predicted octanol–water partition coefficient (Wildman–Crippen LogP) is 3.23. The molecule has 0 bridgehead atoms. The molecule has 1 aromatic rings. The molecule has 4 heteroatoms. The zero-order valence-corrected chi connectivity index (χ0v) is 11.0. The standard InChI is InChI=1S/C15H20F2N2/c16-13-8-5-9-14(17)12(13)10-15(19-18)11-6-3-1-2-4-7-11/h5-6,8-9,15,19H,1-4,7,10,18H2. The lowest BCUT2D eigenvalue weighted by Crippen LogP contribution is -2.38. The van der Waals surface area contributed by atoms with E-state index in [9.17, 15) is 8.78 Å². The molecule has 0 saturated heterocycles. The summed E-state index contributed by atoms with van der Waals surface area (Å²) in [7, 11) is 0. The van der Waals surface area contributed by atoms with E-state index in [4.69, 9.17) is 5.84 Å². The highest BCUT2D eigenvalue weighted by molar-refractivity contribution is 5.24. The lowest BCUT2D eigenvalue weighted by Gasteiger charge is -2.20. The van der Waals surface area contributed by atoms with Gasteiger partial charge >= 0.3 is 0 Å². The van der Waals surface area contributed by atoms with E-state index in [-0.39, 0.29) is 18.0 Å². The zero-order chi connectivity index (χ0) is 13.7. The summed E-state index contributed by atoms with van der Waals surface area (Å²) in [5.74, 6) is 4.56. The van der Waals surface area contributed by atoms with Gasteiger partial charge < -0.3 is 0 Å². The molecular weight excluding hydrogens is 246 g/mol. The first-order chi connectivity index (χ1) is 9.22. The van der Waals surface area contributed by atoms with Crippen molar-refractivity contribution in [2.45, 2.75) is 44.6 Å². The smallest absolute Gasteiger partial charge is 0.129 e. The van der Waals surface area contributed by atoms with Crippen molar-refractivity contribution in [3.63, 3.8) is 0 Å². The van der Waals surface area contributed by atoms with Gasteiger partial charge in [-0.05, 0) is 44.2 Å². The van der Waals surface area contributed by atoms with Gasteiger partial charge in [0.2, 0.25) is 0 Å². The number of nitrogens with one attached hydrogen (secondary N) is 1. The Balaban J connectivity index is 2.16. The van der Waals surface area contributed by atoms with Crippen molar-refractivity contribution >= 4 is 0 Å². The molecule has 0 aliphatic heterocycles. The zero-order valence-electron chi connectivity index (χ0n) is 11.0. The minimum atomic E-state index is -0.505. The van der Waals surface area contributed by atoms with E-state index in [1.54, 1.807) is 0 Å². The molecule has 1 aliphatic rings. The molecule has 2 nitrogen and oxygen atoms in total. The maximum atomic E-state index is 13.7. The third kappa shape index (κ3) is 3.61. The van der Waals surface area contributed by atoms with Crippen molar-refractivity contribution in [2.75, 3.05) is 0 Å². The van der Waals surface area contributed by atoms with Gasteiger partial charge in [0.25, 0.3) is 0 Å². The summed E-state index contributed by atoms with van der Waals surface area (Å²) in [6.45, 7) is 0. The lowest BCUT2D eigenvalue weighted by atomic mass is 9.95. The summed E-state index contributed by atoms with van der Waals surface area (Å²) >= 11 is 0. The molecule has 2 rings (SSSR count). The van der Waals surface area contributed by atoms with E-state index in [0.717, 1.165) is 19.3 Å². The van der Waals surface area contributed by atoms with Crippen LogP contribution >= 0.6 is 0 Å². The van der Waals surface area contributed by atoms with Gasteiger partial charge in [0.15, 0.2) is 0 Å². The molecular formula is C15H20F2N2. The normalized spacial score (nSPS) is 17.7. The number of allylic oxidation sites excluding steroid dienone is 1. The Labute approximate surface area is 112 Å². The largest absolute Gasteiger partial charge is 0.271 e. The highest BCUT2D eigenvalue weighted by atomic mass is 19.1. The second kappa shape index (κ2) is 6.78. The van der Waals surface area contributed by atoms with Gasteiger partial charge in [-0.15, -0.1) is 0 Å². The average molecular weight is 266 g/mol. The van der Waals surface area contributed by atoms with Crippen LogP contribution in [0.1, 0.15) is 37.7 Å². The van der Waals surface area contributed by atoms with Crippen molar-refractivity contribution in [2.24, 2.45) is 5.84 Å². The maximum Gasteiger partial charge on any atom is 0.129 e. The van der Waals surface area contributed by atoms with Gasteiger partial charge in [0.1, 0.15) is 11.6 Å². The molecule has 1 unspecified atom stereocenters. The van der Waals surface area contributed by atoms with Crippen LogP contribution in [0, 0.1) is 11.6 Å². The minimum absolute atomic E-state index is 0.107. The number of hydrogen-bond acceptors (Lipinski definition) is 2. The molecule has 1 atom stereocenters. The molecule has 0 saturated carbocycles. The molecule has 0 fully saturated rings. The number of halogens is 2. The van der Waals surface area contributed by atoms with Crippen molar-refractivity contribution in [1.82, 2.24) is 5.43 Å². The first kappa shape index (κ1) is 14.2. The van der Waals surface area contributed by atoms with Gasteiger partial charge in [-0.2, -0.15) is 0 Å². The van der Waals surface area contributed by atoms with Crippen LogP contribution in [0.5, 0.6) is 0 Å². The lowest BCUT2D eigenvalue weighted by molar-refractivity contribution is 0.510. The SMILES string of the molecule is NNC(Cc1c(F)cccc1F)C1=CCCCCC1. The van der Waals surface area contributed by atoms with Crippen LogP contribution in [0.2, 0.25) is 0 Å². The number of hydrogen-bond donors (Lipinski definition) is 2. The summed E-state index contributed by atoms with van der Waals surface area (Å²) in [4.78, 5) is 0. The van der Waals surface area contributed by atoms with Crippen LogP contribution in [0.3, 0.4) is 0 Å². The Morgan fingerprint density at radius 2 is 1.89 bits per heavy atom. The number of benzene rings is 1. The fourth-order valence-corrected chi connectivity index (χ4v) is 2.58. The van der Waals surface area contributed by atoms with Gasteiger partial charge in [-0.1, -0.05) is 24.1 Å². The Morgan fingerprint density at radius 3 is 2.58 bits per heavy atom. The fraction of sp³-hybridized carbons (Fsp3) is 0.467. The van der Waals surface area contributed by atoms with E-state index >= 15 is 0 Å². The third-order valence-corrected chi connectivity index (χ3v) is 3.69. The monoisotopic (exact) mass is 266 g/mol. The third-order valence-electron chi connectivity index (χ3n) is 3.69. The number of hydrazine groups is 1. The van der Waals surface area contributed by atoms with Crippen LogP contribution in [0.25, 0.3) is 0 Å². The van der Waals surface area contributed by atoms with Crippen LogP contribution in [-0.4, -0.2) is 6.04 Å². The van der Waals surface area contributed by atoms with Gasteiger partial charge in [0.05, 0.1) is 0 Å². The Morgan fingerprint density at radius 1 is 1.16 bits per heavy atom. The molecule has 3 N–H and O–H groups in total. The number of nitrogens with two attached hydrogens (primary N) is 1. The molecule has 1 aliphatic carbocycles. The Kier molecular flexibility index (Phi) is 5.05. The molecule has 0 heterocycles. The average Bonchev–Trinajstić information content (AvgIpc) is 2.67. The molecule has 0 amide bonds. The van der Waals surface area contributed by atoms with Gasteiger partial charge in [-0.25, -0.2) is 8.78 Å². The van der Waals surface area contributed by atoms with Crippen LogP contribution in [0.15, 0.2) is 29.8 Å². The quantitative estimate of drug-likeness (QED) is 0.499. The van der Waals surface area contributed by atoms with Crippen LogP contribution in [0.4, 0.5) is 8.78 Å². The molecule has 104 valence electrons. The second-order valence-corrected chi connectivity index (χ2v) is 5.00. The van der Waals surface area contributed by atoms with E-state index in [1.807, 2.05) is 0 Å². The highest BCUT2D eigenvalue weighted by Crippen LogP contribution is 2.23. The Hall–Kier alpha value is -1.26. The summed E-state index contributed by atoms with van der Waals surface area (Å²) < 4.78 is 27.3. The van der Waals surface area contributed by atoms with E-state index in [2.05, 4.69) is 11.5 Å². The van der Waals surface area contributed by atoms with Crippen molar-refractivity contribution in [3.05, 3.63) is 47.0 Å². The summed E-state index contributed by atoms with van der Waals surface area (Å²) in [6.07, 6.45) is 7.87. The van der Waals surface area contributed by atoms with Gasteiger partial charge in [-0.3, -0.25) is 11.3 Å². The topological polar surface area (TPSA) is 38.0 Å². The van der Waals surface area contributed by atoms with E-state index in [0.29, 0.717) is 0 Å². The molecule has 0 radical (unpaired) electrons. The summed E-state index contributed by atoms with van der Waals surface area (Å²) in [5.41, 5.74) is 3.98. The first-order valence-corrected chi connectivity index (χ1v) is 6.80. The van der Waals surface area contributed by atoms with Crippen LogP contribution in [-0.2, 0) is 6.42 Å². The molecule has 0 spiro atoms. The minimum Gasteiger partial charge on any atom is -0.271 e. The Bertz CT molecular complexity index is 437. The summed E-state index contributed by atoms with van der Waals surface area (Å²) in [5, 5.41) is 0. The summed E-state index contributed by atoms with van der Waals surface area (Å²) in [6, 6.07) is 3.76. The van der Waals surface area contributed by atoms with E-state index in [1.165, 1.54) is 36.6 Å². The second-order valence-electron chi connectivity index (χ2n) is 5.00. The van der Waals surface area contributed by atoms with Gasteiger partial charge in [0, 0.05) is 11.6 Å². The highest BCUT2D eigenvalue weighted by Gasteiger charge is 2.18. The van der Waals surface area contributed by atoms with Crippen molar-refractivity contribution < 1.29 is 8.78 Å².